The molecule has 3 nitrogen and oxygen atoms in total. The Morgan fingerprint density at radius 3 is 2.59 bits per heavy atom. The second-order valence-corrected chi connectivity index (χ2v) is 7.57. The number of aryl methyl sites for hydroxylation is 4. The fourth-order valence-corrected chi connectivity index (χ4v) is 4.01. The van der Waals surface area contributed by atoms with Gasteiger partial charge in [0, 0.05) is 6.42 Å². The largest absolute Gasteiger partial charge is 0.496 e. The fourth-order valence-electron chi connectivity index (χ4n) is 4.01. The molecule has 2 aromatic carbocycles. The van der Waals surface area contributed by atoms with E-state index in [1.807, 2.05) is 19.1 Å². The minimum Gasteiger partial charge on any atom is -0.496 e. The molecule has 0 bridgehead atoms. The van der Waals surface area contributed by atoms with Crippen molar-refractivity contribution in [3.63, 3.8) is 0 Å². The highest BCUT2D eigenvalue weighted by Gasteiger charge is 2.16. The molecule has 1 aliphatic carbocycles. The van der Waals surface area contributed by atoms with Gasteiger partial charge in [-0.1, -0.05) is 37.3 Å². The van der Waals surface area contributed by atoms with Gasteiger partial charge in [0.2, 0.25) is 5.91 Å². The topological polar surface area (TPSA) is 38.3 Å². The van der Waals surface area contributed by atoms with Crippen molar-refractivity contribution in [1.82, 2.24) is 5.32 Å². The van der Waals surface area contributed by atoms with Gasteiger partial charge in [0.15, 0.2) is 0 Å². The van der Waals surface area contributed by atoms with E-state index in [2.05, 4.69) is 36.5 Å². The third-order valence-corrected chi connectivity index (χ3v) is 5.62. The lowest BCUT2D eigenvalue weighted by Gasteiger charge is -2.22. The minimum atomic E-state index is 0.0994. The maximum atomic E-state index is 12.5. The SMILES string of the molecule is CC[C@@H](NC(=O)CCc1ccc(OC)c(C)c1)c1ccc2c(c1)CCCC2. The summed E-state index contributed by atoms with van der Waals surface area (Å²) in [7, 11) is 1.68. The van der Waals surface area contributed by atoms with Crippen LogP contribution in [0.25, 0.3) is 0 Å². The van der Waals surface area contributed by atoms with Crippen LogP contribution < -0.4 is 10.1 Å². The summed E-state index contributed by atoms with van der Waals surface area (Å²) in [6.07, 6.45) is 7.10. The Bertz CT molecular complexity index is 797. The Kier molecular flexibility index (Phi) is 6.54. The van der Waals surface area contributed by atoms with E-state index in [4.69, 9.17) is 4.74 Å². The molecule has 3 heteroatoms. The molecule has 0 aliphatic heterocycles. The van der Waals surface area contributed by atoms with Crippen molar-refractivity contribution in [2.75, 3.05) is 7.11 Å². The summed E-state index contributed by atoms with van der Waals surface area (Å²) in [4.78, 5) is 12.5. The molecule has 1 atom stereocenters. The van der Waals surface area contributed by atoms with Crippen LogP contribution >= 0.6 is 0 Å². The molecular weight excluding hydrogens is 334 g/mol. The zero-order valence-electron chi connectivity index (χ0n) is 16.8. The standard InChI is InChI=1S/C24H31NO2/c1-4-22(21-12-11-19-7-5-6-8-20(19)16-21)25-24(26)14-10-18-9-13-23(27-3)17(2)15-18/h9,11-13,15-16,22H,4-8,10,14H2,1-3H3,(H,25,26)/t22-/m1/s1. The van der Waals surface area contributed by atoms with Crippen LogP contribution in [0.3, 0.4) is 0 Å². The number of carbonyl (C=O) groups is 1. The van der Waals surface area contributed by atoms with Gasteiger partial charge in [0.1, 0.15) is 5.75 Å². The number of carbonyl (C=O) groups excluding carboxylic acids is 1. The van der Waals surface area contributed by atoms with E-state index in [0.717, 1.165) is 24.2 Å². The molecule has 27 heavy (non-hydrogen) atoms. The number of benzene rings is 2. The summed E-state index contributed by atoms with van der Waals surface area (Å²) in [6.45, 7) is 4.17. The predicted molar refractivity (Wildman–Crippen MR) is 110 cm³/mol. The maximum Gasteiger partial charge on any atom is 0.220 e. The second-order valence-electron chi connectivity index (χ2n) is 7.57. The smallest absolute Gasteiger partial charge is 0.220 e. The van der Waals surface area contributed by atoms with Gasteiger partial charge >= 0.3 is 0 Å². The van der Waals surface area contributed by atoms with E-state index in [1.54, 1.807) is 7.11 Å². The zero-order valence-corrected chi connectivity index (χ0v) is 16.8. The first-order chi connectivity index (χ1) is 13.1. The molecule has 1 N–H and O–H groups in total. The summed E-state index contributed by atoms with van der Waals surface area (Å²) in [5.74, 6) is 1.01. The molecule has 0 saturated carbocycles. The molecule has 1 amide bonds. The molecule has 0 spiro atoms. The number of nitrogens with one attached hydrogen (secondary N) is 1. The molecule has 0 fully saturated rings. The summed E-state index contributed by atoms with van der Waals surface area (Å²) >= 11 is 0. The van der Waals surface area contributed by atoms with Crippen molar-refractivity contribution >= 4 is 5.91 Å². The lowest BCUT2D eigenvalue weighted by molar-refractivity contribution is -0.121. The highest BCUT2D eigenvalue weighted by molar-refractivity contribution is 5.76. The molecular formula is C24H31NO2. The number of fused-ring (bicyclic) bond motifs is 1. The number of amides is 1. The molecule has 0 saturated heterocycles. The Balaban J connectivity index is 1.59. The van der Waals surface area contributed by atoms with Crippen LogP contribution in [0, 0.1) is 6.92 Å². The quantitative estimate of drug-likeness (QED) is 0.743. The van der Waals surface area contributed by atoms with Crippen molar-refractivity contribution in [3.05, 3.63) is 64.2 Å². The number of ether oxygens (including phenoxy) is 1. The highest BCUT2D eigenvalue weighted by Crippen LogP contribution is 2.26. The predicted octanol–water partition coefficient (Wildman–Crippen LogP) is 5.08. The molecule has 3 rings (SSSR count). The third-order valence-electron chi connectivity index (χ3n) is 5.62. The summed E-state index contributed by atoms with van der Waals surface area (Å²) in [5.41, 5.74) is 6.48. The molecule has 2 aromatic rings. The van der Waals surface area contributed by atoms with Crippen LogP contribution in [-0.2, 0) is 24.1 Å². The van der Waals surface area contributed by atoms with Crippen LogP contribution in [0.5, 0.6) is 5.75 Å². The van der Waals surface area contributed by atoms with Gasteiger partial charge in [-0.05, 0) is 79.3 Å². The van der Waals surface area contributed by atoms with E-state index in [9.17, 15) is 4.79 Å². The first-order valence-electron chi connectivity index (χ1n) is 10.1. The normalized spacial score (nSPS) is 14.3. The van der Waals surface area contributed by atoms with Crippen LogP contribution in [0.4, 0.5) is 0 Å². The van der Waals surface area contributed by atoms with E-state index in [0.29, 0.717) is 6.42 Å². The highest BCUT2D eigenvalue weighted by atomic mass is 16.5. The van der Waals surface area contributed by atoms with Gasteiger partial charge in [-0.15, -0.1) is 0 Å². The fraction of sp³-hybridized carbons (Fsp3) is 0.458. The van der Waals surface area contributed by atoms with Crippen molar-refractivity contribution in [2.45, 2.75) is 64.8 Å². The van der Waals surface area contributed by atoms with E-state index in [1.165, 1.54) is 47.9 Å². The molecule has 0 unspecified atom stereocenters. The lowest BCUT2D eigenvalue weighted by atomic mass is 9.88. The average molecular weight is 366 g/mol. The Morgan fingerprint density at radius 2 is 1.89 bits per heavy atom. The van der Waals surface area contributed by atoms with E-state index < -0.39 is 0 Å². The van der Waals surface area contributed by atoms with Gasteiger partial charge in [0.05, 0.1) is 13.2 Å². The lowest BCUT2D eigenvalue weighted by Crippen LogP contribution is -2.28. The van der Waals surface area contributed by atoms with Crippen molar-refractivity contribution in [3.8, 4) is 5.75 Å². The van der Waals surface area contributed by atoms with Crippen molar-refractivity contribution in [2.24, 2.45) is 0 Å². The number of hydrogen-bond acceptors (Lipinski definition) is 2. The van der Waals surface area contributed by atoms with Crippen molar-refractivity contribution in [1.29, 1.82) is 0 Å². The minimum absolute atomic E-state index is 0.0994. The summed E-state index contributed by atoms with van der Waals surface area (Å²) < 4.78 is 5.30. The summed E-state index contributed by atoms with van der Waals surface area (Å²) in [5, 5.41) is 3.23. The van der Waals surface area contributed by atoms with Crippen LogP contribution in [0.15, 0.2) is 36.4 Å². The Hall–Kier alpha value is -2.29. The van der Waals surface area contributed by atoms with Crippen LogP contribution in [0.2, 0.25) is 0 Å². The Labute approximate surface area is 163 Å². The summed E-state index contributed by atoms with van der Waals surface area (Å²) in [6, 6.07) is 13.0. The Morgan fingerprint density at radius 1 is 1.11 bits per heavy atom. The molecule has 0 radical (unpaired) electrons. The number of hydrogen-bond donors (Lipinski definition) is 1. The second kappa shape index (κ2) is 9.07. The van der Waals surface area contributed by atoms with E-state index in [-0.39, 0.29) is 11.9 Å². The first kappa shape index (κ1) is 19.5. The van der Waals surface area contributed by atoms with Gasteiger partial charge in [-0.2, -0.15) is 0 Å². The zero-order chi connectivity index (χ0) is 19.2. The van der Waals surface area contributed by atoms with Crippen LogP contribution in [-0.4, -0.2) is 13.0 Å². The van der Waals surface area contributed by atoms with Crippen LogP contribution in [0.1, 0.15) is 66.5 Å². The third kappa shape index (κ3) is 4.91. The number of rotatable bonds is 7. The van der Waals surface area contributed by atoms with Gasteiger partial charge < -0.3 is 10.1 Å². The van der Waals surface area contributed by atoms with Gasteiger partial charge in [-0.25, -0.2) is 0 Å². The molecule has 0 aromatic heterocycles. The number of methoxy groups -OCH3 is 1. The molecule has 1 aliphatic rings. The average Bonchev–Trinajstić information content (AvgIpc) is 2.70. The molecule has 144 valence electrons. The van der Waals surface area contributed by atoms with Gasteiger partial charge in [0.25, 0.3) is 0 Å². The first-order valence-corrected chi connectivity index (χ1v) is 10.1. The molecule has 0 heterocycles. The van der Waals surface area contributed by atoms with E-state index >= 15 is 0 Å². The maximum absolute atomic E-state index is 12.5. The monoisotopic (exact) mass is 365 g/mol. The van der Waals surface area contributed by atoms with Gasteiger partial charge in [-0.3, -0.25) is 4.79 Å². The van der Waals surface area contributed by atoms with Crippen molar-refractivity contribution < 1.29 is 9.53 Å².